The molecule has 176 valence electrons. The van der Waals surface area contributed by atoms with Gasteiger partial charge in [-0.25, -0.2) is 0 Å². The Balaban J connectivity index is 1.43. The van der Waals surface area contributed by atoms with Crippen molar-refractivity contribution in [2.24, 2.45) is 0 Å². The zero-order valence-electron chi connectivity index (χ0n) is 19.4. The Labute approximate surface area is 241 Å². The highest BCUT2D eigenvalue weighted by Crippen LogP contribution is 2.50. The first-order chi connectivity index (χ1) is 17.3. The van der Waals surface area contributed by atoms with Crippen molar-refractivity contribution in [1.29, 1.82) is 0 Å². The molecule has 0 bridgehead atoms. The van der Waals surface area contributed by atoms with E-state index in [9.17, 15) is 0 Å². The van der Waals surface area contributed by atoms with Crippen molar-refractivity contribution in [2.75, 3.05) is 0 Å². The number of thiophene rings is 2. The van der Waals surface area contributed by atoms with Gasteiger partial charge in [0.2, 0.25) is 0 Å². The Morgan fingerprint density at radius 2 is 1.17 bits per heavy atom. The van der Waals surface area contributed by atoms with Crippen LogP contribution < -0.4 is 5.46 Å². The fourth-order valence-electron chi connectivity index (χ4n) is 4.85. The van der Waals surface area contributed by atoms with Gasteiger partial charge in [-0.05, 0) is 75.5 Å². The zero-order chi connectivity index (χ0) is 24.9. The Kier molecular flexibility index (Phi) is 5.39. The van der Waals surface area contributed by atoms with Crippen molar-refractivity contribution in [3.8, 4) is 22.6 Å². The number of aryl methyl sites for hydroxylation is 2. The lowest BCUT2D eigenvalue weighted by Gasteiger charge is -2.05. The van der Waals surface area contributed by atoms with Gasteiger partial charge < -0.3 is 8.83 Å². The third-order valence-electron chi connectivity index (χ3n) is 6.61. The average molecular weight is 699 g/mol. The molecule has 7 aromatic rings. The summed E-state index contributed by atoms with van der Waals surface area (Å²) in [6.45, 7) is 4.20. The second-order valence-corrected chi connectivity index (χ2v) is 13.7. The fraction of sp³-hybridized carbons (Fsp3) is 0.0714. The van der Waals surface area contributed by atoms with Gasteiger partial charge in [0.25, 0.3) is 0 Å². The molecule has 0 fully saturated rings. The van der Waals surface area contributed by atoms with E-state index in [1.54, 1.807) is 22.7 Å². The number of halogens is 3. The van der Waals surface area contributed by atoms with E-state index in [-0.39, 0.29) is 0 Å². The van der Waals surface area contributed by atoms with Crippen molar-refractivity contribution in [2.45, 2.75) is 13.8 Å². The molecule has 0 atom stereocenters. The van der Waals surface area contributed by atoms with Gasteiger partial charge in [0, 0.05) is 35.8 Å². The molecule has 0 saturated heterocycles. The molecule has 36 heavy (non-hydrogen) atoms. The molecule has 4 aromatic heterocycles. The average Bonchev–Trinajstić information content (AvgIpc) is 3.54. The Morgan fingerprint density at radius 1 is 0.667 bits per heavy atom. The molecule has 0 amide bonds. The van der Waals surface area contributed by atoms with Crippen LogP contribution in [0.3, 0.4) is 0 Å². The summed E-state index contributed by atoms with van der Waals surface area (Å²) in [6, 6.07) is 17.3. The maximum absolute atomic E-state index is 6.52. The van der Waals surface area contributed by atoms with Gasteiger partial charge in [0.05, 0.1) is 18.3 Å². The number of rotatable bonds is 2. The summed E-state index contributed by atoms with van der Waals surface area (Å²) >= 11 is 14.9. The summed E-state index contributed by atoms with van der Waals surface area (Å²) in [7, 11) is 2.13. The largest absolute Gasteiger partial charge is 0.453 e. The van der Waals surface area contributed by atoms with Crippen LogP contribution in [0, 0.1) is 13.8 Å². The number of fused-ring (bicyclic) bond motifs is 6. The van der Waals surface area contributed by atoms with E-state index >= 15 is 0 Å². The number of hydrogen-bond acceptors (Lipinski definition) is 4. The van der Waals surface area contributed by atoms with Crippen LogP contribution in [0.1, 0.15) is 11.1 Å². The molecule has 0 aliphatic carbocycles. The monoisotopic (exact) mass is 696 g/mol. The van der Waals surface area contributed by atoms with Crippen molar-refractivity contribution in [3.05, 3.63) is 73.1 Å². The van der Waals surface area contributed by atoms with Gasteiger partial charge in [0.15, 0.2) is 16.9 Å². The summed E-state index contributed by atoms with van der Waals surface area (Å²) in [5.41, 5.74) is 7.69. The minimum Gasteiger partial charge on any atom is -0.453 e. The van der Waals surface area contributed by atoms with Crippen LogP contribution in [0.2, 0.25) is 0 Å². The highest BCUT2D eigenvalue weighted by molar-refractivity contribution is 9.11. The Morgan fingerprint density at radius 3 is 1.69 bits per heavy atom. The highest BCUT2D eigenvalue weighted by Gasteiger charge is 2.24. The molecule has 0 radical (unpaired) electrons. The van der Waals surface area contributed by atoms with Gasteiger partial charge in [-0.15, -0.1) is 22.7 Å². The Bertz CT molecular complexity index is 1880. The molecule has 3 aromatic carbocycles. The lowest BCUT2D eigenvalue weighted by molar-refractivity contribution is 0.633. The van der Waals surface area contributed by atoms with Crippen LogP contribution in [0.25, 0.3) is 63.4 Å². The number of furan rings is 2. The molecule has 0 unspecified atom stereocenters. The third kappa shape index (κ3) is 3.38. The summed E-state index contributed by atoms with van der Waals surface area (Å²) < 4.78 is 20.7. The standard InChI is InChI=1S/C28H16BBr3O2S2/c1-11-3-5-13(17(29)7-11)23-21(31)27-25(33-23)15-9-20-16(10-19(15)35-27)26-28(36-20)22(32)24(34-26)14-6-4-12(2)8-18(14)30/h3-10H,29H2,1-2H3. The van der Waals surface area contributed by atoms with Crippen molar-refractivity contribution in [3.63, 3.8) is 0 Å². The van der Waals surface area contributed by atoms with Gasteiger partial charge in [-0.3, -0.25) is 0 Å². The topological polar surface area (TPSA) is 26.3 Å². The SMILES string of the molecule is Bc1cc(C)ccc1-c1oc2c(sc3cc4c(cc32)sc2c(Br)c(-c3ccc(C)cc3Br)oc24)c1Br. The first-order valence-electron chi connectivity index (χ1n) is 11.3. The van der Waals surface area contributed by atoms with Crippen LogP contribution in [0.15, 0.2) is 70.8 Å². The minimum atomic E-state index is 0.853. The van der Waals surface area contributed by atoms with Crippen molar-refractivity contribution in [1.82, 2.24) is 0 Å². The molecule has 0 spiro atoms. The minimum absolute atomic E-state index is 0.853. The van der Waals surface area contributed by atoms with Gasteiger partial charge in [-0.1, -0.05) is 51.2 Å². The first-order valence-corrected chi connectivity index (χ1v) is 15.3. The van der Waals surface area contributed by atoms with Gasteiger partial charge in [-0.2, -0.15) is 0 Å². The molecule has 4 heterocycles. The van der Waals surface area contributed by atoms with E-state index in [4.69, 9.17) is 8.83 Å². The van der Waals surface area contributed by atoms with Crippen molar-refractivity contribution >= 4 is 125 Å². The highest BCUT2D eigenvalue weighted by atomic mass is 79.9. The summed E-state index contributed by atoms with van der Waals surface area (Å²) in [5.74, 6) is 1.75. The van der Waals surface area contributed by atoms with Gasteiger partial charge in [0.1, 0.15) is 13.6 Å². The second kappa shape index (κ2) is 8.33. The van der Waals surface area contributed by atoms with Crippen LogP contribution in [-0.4, -0.2) is 7.85 Å². The van der Waals surface area contributed by atoms with Crippen molar-refractivity contribution < 1.29 is 8.83 Å². The third-order valence-corrected chi connectivity index (χ3v) is 11.6. The summed E-state index contributed by atoms with van der Waals surface area (Å²) in [5, 5.41) is 2.27. The molecular weight excluding hydrogens is 683 g/mol. The second-order valence-electron chi connectivity index (χ2n) is 9.16. The van der Waals surface area contributed by atoms with Crippen LogP contribution >= 0.6 is 70.5 Å². The zero-order valence-corrected chi connectivity index (χ0v) is 25.8. The maximum Gasteiger partial charge on any atom is 0.154 e. The molecule has 7 rings (SSSR count). The summed E-state index contributed by atoms with van der Waals surface area (Å²) in [4.78, 5) is 0. The lowest BCUT2D eigenvalue weighted by atomic mass is 9.88. The van der Waals surface area contributed by atoms with Crippen LogP contribution in [0.5, 0.6) is 0 Å². The first kappa shape index (κ1) is 23.3. The summed E-state index contributed by atoms with van der Waals surface area (Å²) in [6.07, 6.45) is 0. The molecule has 2 nitrogen and oxygen atoms in total. The van der Waals surface area contributed by atoms with E-state index in [2.05, 4.69) is 118 Å². The molecule has 0 aliphatic heterocycles. The lowest BCUT2D eigenvalue weighted by Crippen LogP contribution is -2.06. The molecule has 0 saturated carbocycles. The molecule has 0 aliphatic rings. The van der Waals surface area contributed by atoms with Crippen LogP contribution in [-0.2, 0) is 0 Å². The van der Waals surface area contributed by atoms with E-state index < -0.39 is 0 Å². The normalized spacial score (nSPS) is 12.1. The predicted molar refractivity (Wildman–Crippen MR) is 168 cm³/mol. The van der Waals surface area contributed by atoms with E-state index in [0.717, 1.165) is 67.4 Å². The van der Waals surface area contributed by atoms with E-state index in [0.29, 0.717) is 0 Å². The van der Waals surface area contributed by atoms with Gasteiger partial charge >= 0.3 is 0 Å². The smallest absolute Gasteiger partial charge is 0.154 e. The molecule has 8 heteroatoms. The van der Waals surface area contributed by atoms with E-state index in [1.807, 2.05) is 0 Å². The predicted octanol–water partition coefficient (Wildman–Crippen LogP) is 10.1. The maximum atomic E-state index is 6.52. The van der Waals surface area contributed by atoms with E-state index in [1.165, 1.54) is 26.0 Å². The molecular formula is C28H16BBr3O2S2. The fourth-order valence-corrected chi connectivity index (χ4v) is 9.13. The van der Waals surface area contributed by atoms with Crippen LogP contribution in [0.4, 0.5) is 0 Å². The quantitative estimate of drug-likeness (QED) is 0.168. The molecule has 0 N–H and O–H groups in total. The number of benzene rings is 3. The Hall–Kier alpha value is -1.84. The number of hydrogen-bond donors (Lipinski definition) is 0.